The van der Waals surface area contributed by atoms with Crippen LogP contribution in [0.5, 0.6) is 5.75 Å². The third kappa shape index (κ3) is 5.66. The number of aryl methyl sites for hydroxylation is 2. The molecule has 0 radical (unpaired) electrons. The van der Waals surface area contributed by atoms with Gasteiger partial charge in [-0.1, -0.05) is 48.5 Å². The maximum atomic E-state index is 6.16. The van der Waals surface area contributed by atoms with E-state index in [-0.39, 0.29) is 0 Å². The highest BCUT2D eigenvalue weighted by atomic mass is 16.5. The van der Waals surface area contributed by atoms with Crippen molar-refractivity contribution in [3.05, 3.63) is 65.2 Å². The Hall–Kier alpha value is -1.80. The first-order valence-electron chi connectivity index (χ1n) is 12.0. The highest BCUT2D eigenvalue weighted by Gasteiger charge is 2.43. The second kappa shape index (κ2) is 10.5. The van der Waals surface area contributed by atoms with Crippen LogP contribution in [0.3, 0.4) is 0 Å². The van der Waals surface area contributed by atoms with Gasteiger partial charge in [0.15, 0.2) is 0 Å². The molecule has 2 aromatic rings. The molecule has 0 aliphatic carbocycles. The van der Waals surface area contributed by atoms with Crippen molar-refractivity contribution in [3.63, 3.8) is 0 Å². The summed E-state index contributed by atoms with van der Waals surface area (Å²) in [5.74, 6) is 1.08. The summed E-state index contributed by atoms with van der Waals surface area (Å²) in [6.07, 6.45) is 9.14. The van der Waals surface area contributed by atoms with Crippen LogP contribution < -0.4 is 4.74 Å². The van der Waals surface area contributed by atoms with Crippen LogP contribution in [0.4, 0.5) is 0 Å². The summed E-state index contributed by atoms with van der Waals surface area (Å²) < 4.78 is 7.41. The van der Waals surface area contributed by atoms with Crippen LogP contribution in [-0.4, -0.2) is 29.7 Å². The van der Waals surface area contributed by atoms with Gasteiger partial charge in [0, 0.05) is 12.0 Å². The lowest BCUT2D eigenvalue weighted by Gasteiger charge is -2.50. The van der Waals surface area contributed by atoms with Crippen LogP contribution in [0.1, 0.15) is 75.5 Å². The first kappa shape index (κ1) is 22.9. The first-order chi connectivity index (χ1) is 14.4. The molecular weight excluding hydrogens is 366 g/mol. The molecule has 1 fully saturated rings. The van der Waals surface area contributed by atoms with E-state index in [4.69, 9.17) is 4.74 Å². The van der Waals surface area contributed by atoms with Gasteiger partial charge < -0.3 is 9.22 Å². The van der Waals surface area contributed by atoms with Crippen LogP contribution in [0.25, 0.3) is 0 Å². The average molecular weight is 409 g/mol. The lowest BCUT2D eigenvalue weighted by molar-refractivity contribution is -0.984. The number of quaternary nitrogens is 1. The maximum absolute atomic E-state index is 6.16. The highest BCUT2D eigenvalue weighted by molar-refractivity contribution is 5.39. The van der Waals surface area contributed by atoms with Crippen LogP contribution in [-0.2, 0) is 6.54 Å². The zero-order valence-corrected chi connectivity index (χ0v) is 19.8. The van der Waals surface area contributed by atoms with Crippen molar-refractivity contribution in [2.75, 3.05) is 19.7 Å². The molecule has 0 unspecified atom stereocenters. The molecule has 164 valence electrons. The molecular formula is C28H42NO+. The first-order valence-corrected chi connectivity index (χ1v) is 12.0. The van der Waals surface area contributed by atoms with Gasteiger partial charge in [-0.05, 0) is 77.3 Å². The topological polar surface area (TPSA) is 9.23 Å². The smallest absolute Gasteiger partial charge is 0.125 e. The maximum Gasteiger partial charge on any atom is 0.125 e. The number of hydrogen-bond acceptors (Lipinski definition) is 1. The average Bonchev–Trinajstić information content (AvgIpc) is 2.97. The Morgan fingerprint density at radius 3 is 2.07 bits per heavy atom. The van der Waals surface area contributed by atoms with Crippen molar-refractivity contribution in [1.29, 1.82) is 0 Å². The number of nitrogens with zero attached hydrogens (tertiary/aromatic N) is 1. The summed E-state index contributed by atoms with van der Waals surface area (Å²) in [4.78, 5) is 0. The number of likely N-dealkylation sites (tertiary alicyclic amines) is 1. The minimum absolute atomic E-state index is 0.290. The van der Waals surface area contributed by atoms with Crippen LogP contribution in [0.15, 0.2) is 48.5 Å². The van der Waals surface area contributed by atoms with Gasteiger partial charge in [-0.25, -0.2) is 0 Å². The fraction of sp³-hybridized carbons (Fsp3) is 0.571. The predicted octanol–water partition coefficient (Wildman–Crippen LogP) is 7.22. The van der Waals surface area contributed by atoms with Gasteiger partial charge in [0.05, 0.1) is 25.2 Å². The van der Waals surface area contributed by atoms with Gasteiger partial charge in [-0.2, -0.15) is 0 Å². The van der Waals surface area contributed by atoms with Crippen molar-refractivity contribution < 1.29 is 9.22 Å². The second-order valence-electron chi connectivity index (χ2n) is 9.99. The molecule has 2 aromatic carbocycles. The third-order valence-corrected chi connectivity index (χ3v) is 7.37. The van der Waals surface area contributed by atoms with E-state index in [9.17, 15) is 0 Å². The molecule has 0 amide bonds. The minimum atomic E-state index is 0.290. The molecule has 1 aliphatic rings. The van der Waals surface area contributed by atoms with Gasteiger partial charge in [-0.15, -0.1) is 0 Å². The number of ether oxygens (including phenoxy) is 1. The Kier molecular flexibility index (Phi) is 7.99. The van der Waals surface area contributed by atoms with E-state index in [0.29, 0.717) is 5.54 Å². The molecule has 1 aliphatic heterocycles. The van der Waals surface area contributed by atoms with Crippen LogP contribution in [0, 0.1) is 13.8 Å². The largest absolute Gasteiger partial charge is 0.493 e. The number of para-hydroxylation sites is 1. The van der Waals surface area contributed by atoms with E-state index in [1.165, 1.54) is 79.3 Å². The van der Waals surface area contributed by atoms with E-state index in [2.05, 4.69) is 76.2 Å². The van der Waals surface area contributed by atoms with Gasteiger partial charge in [0.1, 0.15) is 12.3 Å². The molecule has 0 bridgehead atoms. The van der Waals surface area contributed by atoms with Crippen molar-refractivity contribution in [2.45, 2.75) is 84.7 Å². The Balaban J connectivity index is 1.60. The van der Waals surface area contributed by atoms with Gasteiger partial charge in [-0.3, -0.25) is 0 Å². The molecule has 2 heteroatoms. The summed E-state index contributed by atoms with van der Waals surface area (Å²) in [7, 11) is 0. The fourth-order valence-corrected chi connectivity index (χ4v) is 5.30. The molecule has 0 spiro atoms. The Morgan fingerprint density at radius 1 is 0.800 bits per heavy atom. The van der Waals surface area contributed by atoms with E-state index in [1.807, 2.05) is 0 Å². The monoisotopic (exact) mass is 408 g/mol. The van der Waals surface area contributed by atoms with Crippen molar-refractivity contribution >= 4 is 0 Å². The third-order valence-electron chi connectivity index (χ3n) is 7.37. The van der Waals surface area contributed by atoms with E-state index in [1.54, 1.807) is 0 Å². The van der Waals surface area contributed by atoms with Gasteiger partial charge >= 0.3 is 0 Å². The minimum Gasteiger partial charge on any atom is -0.493 e. The molecule has 3 rings (SSSR count). The number of hydrogen-bond donors (Lipinski definition) is 0. The lowest BCUT2D eigenvalue weighted by atomic mass is 9.90. The lowest BCUT2D eigenvalue weighted by Crippen LogP contribution is -2.61. The van der Waals surface area contributed by atoms with Crippen LogP contribution >= 0.6 is 0 Å². The van der Waals surface area contributed by atoms with Crippen molar-refractivity contribution in [1.82, 2.24) is 0 Å². The Labute approximate surface area is 184 Å². The van der Waals surface area contributed by atoms with Crippen LogP contribution in [0.2, 0.25) is 0 Å². The molecule has 1 saturated heterocycles. The predicted molar refractivity (Wildman–Crippen MR) is 128 cm³/mol. The number of benzene rings is 2. The standard InChI is InChI=1S/C28H42NO/c1-24-15-14-16-25(2)27(24)30-22-13-10-19-28(3,4)29(20-11-5-6-12-21-29)23-26-17-8-7-9-18-26/h7-9,14-18H,5-6,10-13,19-23H2,1-4H3/q+1. The molecule has 0 atom stereocenters. The summed E-state index contributed by atoms with van der Waals surface area (Å²) in [5, 5.41) is 0. The van der Waals surface area contributed by atoms with Crippen molar-refractivity contribution in [2.24, 2.45) is 0 Å². The molecule has 0 N–H and O–H groups in total. The summed E-state index contributed by atoms with van der Waals surface area (Å²) in [5.41, 5.74) is 4.27. The molecule has 0 saturated carbocycles. The summed E-state index contributed by atoms with van der Waals surface area (Å²) in [6.45, 7) is 14.0. The summed E-state index contributed by atoms with van der Waals surface area (Å²) in [6, 6.07) is 17.6. The zero-order valence-electron chi connectivity index (χ0n) is 19.8. The normalized spacial score (nSPS) is 16.8. The molecule has 2 nitrogen and oxygen atoms in total. The number of unbranched alkanes of at least 4 members (excludes halogenated alkanes) is 1. The van der Waals surface area contributed by atoms with Crippen molar-refractivity contribution in [3.8, 4) is 5.75 Å². The Morgan fingerprint density at radius 2 is 1.43 bits per heavy atom. The summed E-state index contributed by atoms with van der Waals surface area (Å²) >= 11 is 0. The molecule has 30 heavy (non-hydrogen) atoms. The molecule has 1 heterocycles. The molecule has 0 aromatic heterocycles. The Bertz CT molecular complexity index is 752. The van der Waals surface area contributed by atoms with E-state index < -0.39 is 0 Å². The van der Waals surface area contributed by atoms with Gasteiger partial charge in [0.25, 0.3) is 0 Å². The van der Waals surface area contributed by atoms with E-state index >= 15 is 0 Å². The fourth-order valence-electron chi connectivity index (χ4n) is 5.30. The zero-order chi connectivity index (χ0) is 21.5. The SMILES string of the molecule is Cc1cccc(C)c1OCCCCC(C)(C)[N+]1(Cc2ccccc2)CCCCCC1. The van der Waals surface area contributed by atoms with Gasteiger partial charge in [0.2, 0.25) is 0 Å². The highest BCUT2D eigenvalue weighted by Crippen LogP contribution is 2.36. The second-order valence-corrected chi connectivity index (χ2v) is 9.99. The van der Waals surface area contributed by atoms with E-state index in [0.717, 1.165) is 18.8 Å². The number of rotatable bonds is 9. The quantitative estimate of drug-likeness (QED) is 0.314.